The molecule has 0 bridgehead atoms. The Kier molecular flexibility index (Phi) is 3.73. The van der Waals surface area contributed by atoms with Gasteiger partial charge in [0.2, 0.25) is 0 Å². The summed E-state index contributed by atoms with van der Waals surface area (Å²) in [5, 5.41) is 7.17. The normalized spacial score (nSPS) is 11.3. The third-order valence-corrected chi connectivity index (χ3v) is 4.05. The fourth-order valence-electron chi connectivity index (χ4n) is 1.27. The predicted octanol–water partition coefficient (Wildman–Crippen LogP) is 0.631. The lowest BCUT2D eigenvalue weighted by Gasteiger charge is -2.07. The summed E-state index contributed by atoms with van der Waals surface area (Å²) in [5.74, 6) is -0.157. The highest BCUT2D eigenvalue weighted by Crippen LogP contribution is 2.14. The molecule has 10 heteroatoms. The number of aryl methyl sites for hydroxylation is 2. The minimum absolute atomic E-state index is 0.157. The van der Waals surface area contributed by atoms with Crippen LogP contribution < -0.4 is 10.3 Å². The van der Waals surface area contributed by atoms with E-state index >= 15 is 0 Å². The van der Waals surface area contributed by atoms with Crippen molar-refractivity contribution >= 4 is 27.6 Å². The van der Waals surface area contributed by atoms with Gasteiger partial charge in [0, 0.05) is 6.20 Å². The molecule has 0 fully saturated rings. The fraction of sp³-hybridized carbons (Fsp3) is 0.200. The Labute approximate surface area is 119 Å². The molecule has 0 saturated heterocycles. The summed E-state index contributed by atoms with van der Waals surface area (Å²) in [4.78, 5) is 17.1. The van der Waals surface area contributed by atoms with Gasteiger partial charge in [0.25, 0.3) is 21.5 Å². The fourth-order valence-corrected chi connectivity index (χ4v) is 2.44. The van der Waals surface area contributed by atoms with E-state index in [0.29, 0.717) is 11.4 Å². The second kappa shape index (κ2) is 5.17. The van der Waals surface area contributed by atoms with Crippen LogP contribution >= 0.6 is 11.6 Å². The first-order valence-electron chi connectivity index (χ1n) is 5.38. The van der Waals surface area contributed by atoms with Crippen molar-refractivity contribution in [2.75, 3.05) is 4.72 Å². The van der Waals surface area contributed by atoms with Crippen LogP contribution in [-0.2, 0) is 10.0 Å². The third kappa shape index (κ3) is 2.94. The number of hydrogen-bond donors (Lipinski definition) is 2. The molecule has 0 atom stereocenters. The number of aromatic amines is 1. The number of hydrogen-bond acceptors (Lipinski definition) is 6. The van der Waals surface area contributed by atoms with E-state index in [1.807, 2.05) is 0 Å². The molecule has 0 aliphatic carbocycles. The molecule has 0 aliphatic rings. The maximum absolute atomic E-state index is 12.1. The molecule has 2 aromatic heterocycles. The van der Waals surface area contributed by atoms with Crippen LogP contribution in [0.4, 0.5) is 5.95 Å². The highest BCUT2D eigenvalue weighted by atomic mass is 35.5. The van der Waals surface area contributed by atoms with Gasteiger partial charge in [-0.15, -0.1) is 5.10 Å². The number of nitrogens with zero attached hydrogens (tertiary/aromatic N) is 3. The van der Waals surface area contributed by atoms with E-state index in [9.17, 15) is 13.2 Å². The van der Waals surface area contributed by atoms with Crippen molar-refractivity contribution in [2.45, 2.75) is 18.7 Å². The van der Waals surface area contributed by atoms with Gasteiger partial charge >= 0.3 is 0 Å². The molecule has 0 unspecified atom stereocenters. The van der Waals surface area contributed by atoms with Gasteiger partial charge in [-0.25, -0.2) is 18.1 Å². The highest BCUT2D eigenvalue weighted by Gasteiger charge is 2.17. The lowest BCUT2D eigenvalue weighted by Crippen LogP contribution is -2.18. The van der Waals surface area contributed by atoms with E-state index < -0.39 is 15.6 Å². The lowest BCUT2D eigenvalue weighted by molar-refractivity contribution is 0.600. The topological polar surface area (TPSA) is 118 Å². The van der Waals surface area contributed by atoms with Crippen molar-refractivity contribution in [1.29, 1.82) is 0 Å². The quantitative estimate of drug-likeness (QED) is 0.857. The van der Waals surface area contributed by atoms with E-state index in [1.165, 1.54) is 0 Å². The van der Waals surface area contributed by atoms with Crippen molar-refractivity contribution in [3.63, 3.8) is 0 Å². The molecule has 2 aromatic rings. The minimum atomic E-state index is -3.95. The van der Waals surface area contributed by atoms with Crippen molar-refractivity contribution in [1.82, 2.24) is 20.2 Å². The monoisotopic (exact) mass is 315 g/mol. The van der Waals surface area contributed by atoms with Crippen LogP contribution in [0.25, 0.3) is 0 Å². The molecule has 0 spiro atoms. The van der Waals surface area contributed by atoms with Crippen LogP contribution in [0, 0.1) is 13.8 Å². The Bertz CT molecular complexity index is 818. The number of anilines is 1. The second-order valence-corrected chi connectivity index (χ2v) is 6.01. The van der Waals surface area contributed by atoms with Crippen LogP contribution in [0.15, 0.2) is 22.0 Å². The van der Waals surface area contributed by atoms with Gasteiger partial charge in [0.15, 0.2) is 0 Å². The number of aromatic nitrogens is 4. The molecule has 0 aromatic carbocycles. The standard InChI is InChI=1S/C10H10ClN5O3S/c1-5-6(2)14-15-10(13-5)16-20(18,19)7-3-8(11)9(17)12-4-7/h3-4H,1-2H3,(H,12,17)(H,13,15,16). The maximum atomic E-state index is 12.1. The molecule has 2 rings (SSSR count). The summed E-state index contributed by atoms with van der Waals surface area (Å²) in [6, 6.07) is 1.04. The molecular weight excluding hydrogens is 306 g/mol. The van der Waals surface area contributed by atoms with Gasteiger partial charge in [-0.05, 0) is 19.9 Å². The van der Waals surface area contributed by atoms with Crippen molar-refractivity contribution in [2.24, 2.45) is 0 Å². The minimum Gasteiger partial charge on any atom is -0.326 e. The lowest BCUT2D eigenvalue weighted by atomic mass is 10.4. The average Bonchev–Trinajstić information content (AvgIpc) is 2.37. The van der Waals surface area contributed by atoms with Crippen LogP contribution in [0.5, 0.6) is 0 Å². The summed E-state index contributed by atoms with van der Waals surface area (Å²) in [6.45, 7) is 3.38. The molecular formula is C10H10ClN5O3S. The number of nitrogens with one attached hydrogen (secondary N) is 2. The van der Waals surface area contributed by atoms with Gasteiger partial charge in [0.05, 0.1) is 11.4 Å². The molecule has 20 heavy (non-hydrogen) atoms. The zero-order chi connectivity index (χ0) is 14.9. The molecule has 0 aliphatic heterocycles. The van der Waals surface area contributed by atoms with E-state index in [1.54, 1.807) is 13.8 Å². The summed E-state index contributed by atoms with van der Waals surface area (Å²) in [6.07, 6.45) is 1.03. The highest BCUT2D eigenvalue weighted by molar-refractivity contribution is 7.92. The smallest absolute Gasteiger partial charge is 0.266 e. The second-order valence-electron chi connectivity index (χ2n) is 3.92. The van der Waals surface area contributed by atoms with E-state index in [0.717, 1.165) is 12.3 Å². The molecule has 0 saturated carbocycles. The van der Waals surface area contributed by atoms with Gasteiger partial charge in [-0.1, -0.05) is 11.6 Å². The van der Waals surface area contributed by atoms with E-state index in [4.69, 9.17) is 11.6 Å². The molecule has 106 valence electrons. The number of pyridine rings is 1. The Morgan fingerprint density at radius 1 is 1.25 bits per heavy atom. The van der Waals surface area contributed by atoms with Crippen LogP contribution in [0.2, 0.25) is 5.02 Å². The summed E-state index contributed by atoms with van der Waals surface area (Å²) < 4.78 is 26.3. The molecule has 0 amide bonds. The third-order valence-electron chi connectivity index (χ3n) is 2.46. The van der Waals surface area contributed by atoms with Crippen molar-refractivity contribution in [3.8, 4) is 0 Å². The number of halogens is 1. The SMILES string of the molecule is Cc1nnc(NS(=O)(=O)c2c[nH]c(=O)c(Cl)c2)nc1C. The first kappa shape index (κ1) is 14.4. The van der Waals surface area contributed by atoms with Gasteiger partial charge < -0.3 is 4.98 Å². The first-order valence-corrected chi connectivity index (χ1v) is 7.24. The van der Waals surface area contributed by atoms with Crippen molar-refractivity contribution < 1.29 is 8.42 Å². The van der Waals surface area contributed by atoms with Gasteiger partial charge in [0.1, 0.15) is 9.92 Å². The van der Waals surface area contributed by atoms with Gasteiger partial charge in [-0.2, -0.15) is 5.10 Å². The Hall–Kier alpha value is -2.00. The van der Waals surface area contributed by atoms with Crippen LogP contribution in [0.1, 0.15) is 11.4 Å². The maximum Gasteiger partial charge on any atom is 0.266 e. The molecule has 0 radical (unpaired) electrons. The number of sulfonamides is 1. The predicted molar refractivity (Wildman–Crippen MR) is 72.2 cm³/mol. The molecule has 8 nitrogen and oxygen atoms in total. The largest absolute Gasteiger partial charge is 0.326 e. The summed E-state index contributed by atoms with van der Waals surface area (Å²) >= 11 is 5.59. The Morgan fingerprint density at radius 3 is 2.55 bits per heavy atom. The van der Waals surface area contributed by atoms with Crippen LogP contribution in [0.3, 0.4) is 0 Å². The Morgan fingerprint density at radius 2 is 1.95 bits per heavy atom. The average molecular weight is 316 g/mol. The zero-order valence-electron chi connectivity index (χ0n) is 10.5. The van der Waals surface area contributed by atoms with E-state index in [2.05, 4.69) is 24.9 Å². The van der Waals surface area contributed by atoms with E-state index in [-0.39, 0.29) is 15.9 Å². The van der Waals surface area contributed by atoms with Gasteiger partial charge in [-0.3, -0.25) is 4.79 Å². The van der Waals surface area contributed by atoms with Crippen molar-refractivity contribution in [3.05, 3.63) is 39.0 Å². The first-order chi connectivity index (χ1) is 9.29. The summed E-state index contributed by atoms with van der Waals surface area (Å²) in [7, 11) is -3.95. The number of rotatable bonds is 3. The van der Waals surface area contributed by atoms with Crippen LogP contribution in [-0.4, -0.2) is 28.6 Å². The summed E-state index contributed by atoms with van der Waals surface area (Å²) in [5.41, 5.74) is 0.576. The molecule has 2 heterocycles. The zero-order valence-corrected chi connectivity index (χ0v) is 12.1. The Balaban J connectivity index is 2.37. The number of H-pyrrole nitrogens is 1. The molecule has 2 N–H and O–H groups in total.